The topological polar surface area (TPSA) is 61.9 Å². The lowest BCUT2D eigenvalue weighted by Gasteiger charge is -2.35. The highest BCUT2D eigenvalue weighted by Gasteiger charge is 2.22. The molecule has 2 amide bonds. The average molecular weight is 389 g/mol. The number of anilines is 2. The Morgan fingerprint density at radius 3 is 2.29 bits per heavy atom. The Morgan fingerprint density at radius 1 is 1.00 bits per heavy atom. The number of nitrogens with zero attached hydrogens (tertiary/aromatic N) is 2. The van der Waals surface area contributed by atoms with E-state index in [1.54, 1.807) is 24.0 Å². The SMILES string of the molecule is CCOC(=O)N1CCN(c2ccc(NC(=O)c3ccc(F)c(F)c3)cc2)CC1. The number of piperazine rings is 1. The van der Waals surface area contributed by atoms with Crippen LogP contribution in [-0.2, 0) is 4.74 Å². The van der Waals surface area contributed by atoms with Crippen LogP contribution in [0.25, 0.3) is 0 Å². The summed E-state index contributed by atoms with van der Waals surface area (Å²) in [5.74, 6) is -2.58. The third kappa shape index (κ3) is 4.57. The van der Waals surface area contributed by atoms with Crippen molar-refractivity contribution in [2.75, 3.05) is 43.0 Å². The molecule has 0 spiro atoms. The van der Waals surface area contributed by atoms with E-state index in [-0.39, 0.29) is 11.7 Å². The molecule has 8 heteroatoms. The van der Waals surface area contributed by atoms with Crippen LogP contribution in [0.5, 0.6) is 0 Å². The first-order chi connectivity index (χ1) is 13.5. The minimum atomic E-state index is -1.06. The number of amides is 2. The maximum Gasteiger partial charge on any atom is 0.409 e. The number of halogens is 2. The second-order valence-electron chi connectivity index (χ2n) is 6.30. The van der Waals surface area contributed by atoms with Gasteiger partial charge in [0.15, 0.2) is 11.6 Å². The molecular weight excluding hydrogens is 368 g/mol. The molecule has 6 nitrogen and oxygen atoms in total. The summed E-state index contributed by atoms with van der Waals surface area (Å²) in [5.41, 5.74) is 1.55. The molecule has 0 unspecified atom stereocenters. The van der Waals surface area contributed by atoms with Crippen molar-refractivity contribution in [1.29, 1.82) is 0 Å². The van der Waals surface area contributed by atoms with E-state index >= 15 is 0 Å². The fraction of sp³-hybridized carbons (Fsp3) is 0.300. The predicted octanol–water partition coefficient (Wildman–Crippen LogP) is 3.50. The van der Waals surface area contributed by atoms with Crippen LogP contribution < -0.4 is 10.2 Å². The molecular formula is C20H21F2N3O3. The van der Waals surface area contributed by atoms with Crippen molar-refractivity contribution in [1.82, 2.24) is 4.90 Å². The molecule has 1 saturated heterocycles. The molecule has 3 rings (SSSR count). The molecule has 0 bridgehead atoms. The van der Waals surface area contributed by atoms with Crippen molar-refractivity contribution < 1.29 is 23.1 Å². The molecule has 0 aromatic heterocycles. The van der Waals surface area contributed by atoms with E-state index < -0.39 is 17.5 Å². The molecule has 1 aliphatic heterocycles. The van der Waals surface area contributed by atoms with Gasteiger partial charge in [-0.1, -0.05) is 0 Å². The number of benzene rings is 2. The van der Waals surface area contributed by atoms with Crippen LogP contribution in [0.3, 0.4) is 0 Å². The van der Waals surface area contributed by atoms with Crippen molar-refractivity contribution in [2.45, 2.75) is 6.92 Å². The van der Waals surface area contributed by atoms with Crippen molar-refractivity contribution in [3.8, 4) is 0 Å². The number of nitrogens with one attached hydrogen (secondary N) is 1. The van der Waals surface area contributed by atoms with Gasteiger partial charge in [0, 0.05) is 43.1 Å². The highest BCUT2D eigenvalue weighted by Crippen LogP contribution is 2.20. The zero-order valence-corrected chi connectivity index (χ0v) is 15.5. The summed E-state index contributed by atoms with van der Waals surface area (Å²) in [6.45, 7) is 4.65. The second kappa shape index (κ2) is 8.69. The third-order valence-electron chi connectivity index (χ3n) is 4.48. The zero-order chi connectivity index (χ0) is 20.1. The van der Waals surface area contributed by atoms with Crippen LogP contribution in [-0.4, -0.2) is 49.7 Å². The van der Waals surface area contributed by atoms with Crippen LogP contribution in [0.15, 0.2) is 42.5 Å². The lowest BCUT2D eigenvalue weighted by Crippen LogP contribution is -2.49. The number of ether oxygens (including phenoxy) is 1. The fourth-order valence-electron chi connectivity index (χ4n) is 2.96. The predicted molar refractivity (Wildman–Crippen MR) is 102 cm³/mol. The summed E-state index contributed by atoms with van der Waals surface area (Å²) in [6.07, 6.45) is -0.294. The molecule has 1 heterocycles. The van der Waals surface area contributed by atoms with Gasteiger partial charge in [-0.3, -0.25) is 4.79 Å². The van der Waals surface area contributed by atoms with Crippen LogP contribution in [0.4, 0.5) is 25.0 Å². The zero-order valence-electron chi connectivity index (χ0n) is 15.5. The first-order valence-corrected chi connectivity index (χ1v) is 9.01. The molecule has 2 aromatic rings. The monoisotopic (exact) mass is 389 g/mol. The fourth-order valence-corrected chi connectivity index (χ4v) is 2.96. The summed E-state index contributed by atoms with van der Waals surface area (Å²) in [6, 6.07) is 10.2. The van der Waals surface area contributed by atoms with Gasteiger partial charge in [0.1, 0.15) is 0 Å². The van der Waals surface area contributed by atoms with E-state index in [9.17, 15) is 18.4 Å². The van der Waals surface area contributed by atoms with E-state index in [2.05, 4.69) is 10.2 Å². The number of carbonyl (C=O) groups excluding carboxylic acids is 2. The van der Waals surface area contributed by atoms with Gasteiger partial charge in [-0.05, 0) is 49.4 Å². The highest BCUT2D eigenvalue weighted by atomic mass is 19.2. The molecule has 0 atom stereocenters. The Kier molecular flexibility index (Phi) is 6.08. The van der Waals surface area contributed by atoms with Gasteiger partial charge < -0.3 is 19.9 Å². The van der Waals surface area contributed by atoms with Crippen LogP contribution in [0.1, 0.15) is 17.3 Å². The average Bonchev–Trinajstić information content (AvgIpc) is 2.71. The number of hydrogen-bond acceptors (Lipinski definition) is 4. The Labute approximate surface area is 161 Å². The lowest BCUT2D eigenvalue weighted by molar-refractivity contribution is 0.102. The number of hydrogen-bond donors (Lipinski definition) is 1. The smallest absolute Gasteiger partial charge is 0.409 e. The van der Waals surface area contributed by atoms with E-state index in [4.69, 9.17) is 4.74 Å². The first-order valence-electron chi connectivity index (χ1n) is 9.01. The highest BCUT2D eigenvalue weighted by molar-refractivity contribution is 6.04. The summed E-state index contributed by atoms with van der Waals surface area (Å²) < 4.78 is 31.3. The number of rotatable bonds is 4. The minimum Gasteiger partial charge on any atom is -0.450 e. The summed E-state index contributed by atoms with van der Waals surface area (Å²) in [7, 11) is 0. The van der Waals surface area contributed by atoms with Gasteiger partial charge in [0.25, 0.3) is 5.91 Å². The Morgan fingerprint density at radius 2 is 1.68 bits per heavy atom. The van der Waals surface area contributed by atoms with Gasteiger partial charge in [-0.2, -0.15) is 0 Å². The molecule has 1 aliphatic rings. The second-order valence-corrected chi connectivity index (χ2v) is 6.30. The standard InChI is InChI=1S/C20H21F2N3O3/c1-2-28-20(27)25-11-9-24(10-12-25)16-6-4-15(5-7-16)23-19(26)14-3-8-17(21)18(22)13-14/h3-8,13H,2,9-12H2,1H3,(H,23,26). The van der Waals surface area contributed by atoms with E-state index in [1.807, 2.05) is 12.1 Å². The van der Waals surface area contributed by atoms with Gasteiger partial charge in [-0.15, -0.1) is 0 Å². The Balaban J connectivity index is 1.57. The quantitative estimate of drug-likeness (QED) is 0.870. The van der Waals surface area contributed by atoms with Crippen molar-refractivity contribution >= 4 is 23.4 Å². The number of carbonyl (C=O) groups is 2. The van der Waals surface area contributed by atoms with Crippen LogP contribution >= 0.6 is 0 Å². The summed E-state index contributed by atoms with van der Waals surface area (Å²) in [5, 5.41) is 2.66. The van der Waals surface area contributed by atoms with Crippen LogP contribution in [0.2, 0.25) is 0 Å². The Bertz CT molecular complexity index is 850. The largest absolute Gasteiger partial charge is 0.450 e. The van der Waals surface area contributed by atoms with Gasteiger partial charge in [0.2, 0.25) is 0 Å². The molecule has 148 valence electrons. The van der Waals surface area contributed by atoms with E-state index in [0.717, 1.165) is 17.8 Å². The maximum atomic E-state index is 13.3. The van der Waals surface area contributed by atoms with Crippen LogP contribution in [0, 0.1) is 11.6 Å². The van der Waals surface area contributed by atoms with Gasteiger partial charge >= 0.3 is 6.09 Å². The van der Waals surface area contributed by atoms with Gasteiger partial charge in [-0.25, -0.2) is 13.6 Å². The summed E-state index contributed by atoms with van der Waals surface area (Å²) in [4.78, 5) is 27.7. The molecule has 2 aromatic carbocycles. The molecule has 1 N–H and O–H groups in total. The molecule has 0 radical (unpaired) electrons. The molecule has 0 aliphatic carbocycles. The molecule has 28 heavy (non-hydrogen) atoms. The van der Waals surface area contributed by atoms with Crippen molar-refractivity contribution in [3.05, 3.63) is 59.7 Å². The summed E-state index contributed by atoms with van der Waals surface area (Å²) >= 11 is 0. The third-order valence-corrected chi connectivity index (χ3v) is 4.48. The lowest BCUT2D eigenvalue weighted by atomic mass is 10.2. The molecule has 1 fully saturated rings. The van der Waals surface area contributed by atoms with Crippen molar-refractivity contribution in [2.24, 2.45) is 0 Å². The van der Waals surface area contributed by atoms with Crippen molar-refractivity contribution in [3.63, 3.8) is 0 Å². The molecule has 0 saturated carbocycles. The minimum absolute atomic E-state index is 0.0399. The van der Waals surface area contributed by atoms with Gasteiger partial charge in [0.05, 0.1) is 6.61 Å². The van der Waals surface area contributed by atoms with E-state index in [0.29, 0.717) is 38.5 Å². The Hall–Kier alpha value is -3.16. The van der Waals surface area contributed by atoms with E-state index in [1.165, 1.54) is 6.07 Å². The maximum absolute atomic E-state index is 13.3. The first kappa shape index (κ1) is 19.6. The normalized spacial score (nSPS) is 14.0.